The SMILES string of the molecule is CC1CN(C(=O)Nc2ccncn2)CCCO1. The van der Waals surface area contributed by atoms with Crippen LogP contribution in [0.2, 0.25) is 0 Å². The van der Waals surface area contributed by atoms with E-state index in [1.54, 1.807) is 17.2 Å². The second-order valence-corrected chi connectivity index (χ2v) is 4.01. The molecule has 0 radical (unpaired) electrons. The Labute approximate surface area is 100 Å². The molecule has 92 valence electrons. The molecule has 1 fully saturated rings. The lowest BCUT2D eigenvalue weighted by Crippen LogP contribution is -2.39. The summed E-state index contributed by atoms with van der Waals surface area (Å²) in [5.74, 6) is 0.516. The maximum Gasteiger partial charge on any atom is 0.323 e. The van der Waals surface area contributed by atoms with Gasteiger partial charge in [-0.25, -0.2) is 14.8 Å². The van der Waals surface area contributed by atoms with Crippen molar-refractivity contribution < 1.29 is 9.53 Å². The minimum atomic E-state index is -0.138. The van der Waals surface area contributed by atoms with E-state index < -0.39 is 0 Å². The number of nitrogens with one attached hydrogen (secondary N) is 1. The smallest absolute Gasteiger partial charge is 0.323 e. The van der Waals surface area contributed by atoms with Gasteiger partial charge in [0.1, 0.15) is 12.1 Å². The van der Waals surface area contributed by atoms with Crippen molar-refractivity contribution in [2.75, 3.05) is 25.0 Å². The molecule has 6 nitrogen and oxygen atoms in total. The summed E-state index contributed by atoms with van der Waals surface area (Å²) in [7, 11) is 0. The summed E-state index contributed by atoms with van der Waals surface area (Å²) in [4.78, 5) is 21.5. The molecule has 0 saturated carbocycles. The molecule has 1 aliphatic rings. The van der Waals surface area contributed by atoms with Crippen molar-refractivity contribution >= 4 is 11.8 Å². The number of amides is 2. The largest absolute Gasteiger partial charge is 0.377 e. The second kappa shape index (κ2) is 5.58. The van der Waals surface area contributed by atoms with Crippen molar-refractivity contribution in [2.24, 2.45) is 0 Å². The van der Waals surface area contributed by atoms with Crippen LogP contribution in [0.15, 0.2) is 18.6 Å². The van der Waals surface area contributed by atoms with Crippen molar-refractivity contribution in [3.05, 3.63) is 18.6 Å². The fourth-order valence-corrected chi connectivity index (χ4v) is 1.73. The number of hydrogen-bond donors (Lipinski definition) is 1. The topological polar surface area (TPSA) is 67.4 Å². The van der Waals surface area contributed by atoms with Crippen LogP contribution in [-0.4, -0.2) is 46.7 Å². The van der Waals surface area contributed by atoms with E-state index in [0.717, 1.165) is 6.42 Å². The molecule has 6 heteroatoms. The molecular formula is C11H16N4O2. The van der Waals surface area contributed by atoms with E-state index in [2.05, 4.69) is 15.3 Å². The van der Waals surface area contributed by atoms with E-state index in [1.165, 1.54) is 6.33 Å². The zero-order chi connectivity index (χ0) is 12.1. The number of carbonyl (C=O) groups is 1. The van der Waals surface area contributed by atoms with Crippen LogP contribution in [0.4, 0.5) is 10.6 Å². The van der Waals surface area contributed by atoms with Crippen LogP contribution in [0.1, 0.15) is 13.3 Å². The Kier molecular flexibility index (Phi) is 3.87. The molecule has 2 heterocycles. The monoisotopic (exact) mass is 236 g/mol. The van der Waals surface area contributed by atoms with Gasteiger partial charge in [-0.1, -0.05) is 0 Å². The third-order valence-electron chi connectivity index (χ3n) is 2.56. The number of aromatic nitrogens is 2. The summed E-state index contributed by atoms with van der Waals surface area (Å²) in [5.41, 5.74) is 0. The van der Waals surface area contributed by atoms with Crippen LogP contribution < -0.4 is 5.32 Å². The highest BCUT2D eigenvalue weighted by Gasteiger charge is 2.19. The van der Waals surface area contributed by atoms with Crippen LogP contribution in [0.3, 0.4) is 0 Å². The summed E-state index contributed by atoms with van der Waals surface area (Å²) < 4.78 is 5.49. The summed E-state index contributed by atoms with van der Waals surface area (Å²) in [6.45, 7) is 3.99. The van der Waals surface area contributed by atoms with Crippen molar-refractivity contribution in [3.8, 4) is 0 Å². The minimum Gasteiger partial charge on any atom is -0.377 e. The number of ether oxygens (including phenoxy) is 1. The Balaban J connectivity index is 1.95. The molecule has 17 heavy (non-hydrogen) atoms. The standard InChI is InChI=1S/C11H16N4O2/c1-9-7-15(5-2-6-17-9)11(16)14-10-3-4-12-8-13-10/h3-4,8-9H,2,5-7H2,1H3,(H,12,13,14,16). The highest BCUT2D eigenvalue weighted by atomic mass is 16.5. The first-order valence-corrected chi connectivity index (χ1v) is 5.69. The zero-order valence-electron chi connectivity index (χ0n) is 9.80. The van der Waals surface area contributed by atoms with Crippen molar-refractivity contribution in [3.63, 3.8) is 0 Å². The van der Waals surface area contributed by atoms with Gasteiger partial charge in [0.25, 0.3) is 0 Å². The quantitative estimate of drug-likeness (QED) is 0.793. The summed E-state index contributed by atoms with van der Waals surface area (Å²) in [6, 6.07) is 1.52. The number of urea groups is 1. The molecule has 1 aromatic heterocycles. The molecule has 1 N–H and O–H groups in total. The third kappa shape index (κ3) is 3.39. The van der Waals surface area contributed by atoms with E-state index in [4.69, 9.17) is 4.74 Å². The van der Waals surface area contributed by atoms with E-state index in [-0.39, 0.29) is 12.1 Å². The van der Waals surface area contributed by atoms with Gasteiger partial charge in [0.2, 0.25) is 0 Å². The van der Waals surface area contributed by atoms with E-state index in [9.17, 15) is 4.79 Å². The molecule has 1 saturated heterocycles. The van der Waals surface area contributed by atoms with Crippen LogP contribution >= 0.6 is 0 Å². The zero-order valence-corrected chi connectivity index (χ0v) is 9.80. The van der Waals surface area contributed by atoms with E-state index in [0.29, 0.717) is 25.5 Å². The minimum absolute atomic E-state index is 0.0775. The average Bonchev–Trinajstić information content (AvgIpc) is 2.55. The van der Waals surface area contributed by atoms with Gasteiger partial charge in [-0.2, -0.15) is 0 Å². The lowest BCUT2D eigenvalue weighted by molar-refractivity contribution is 0.0718. The molecule has 1 unspecified atom stereocenters. The van der Waals surface area contributed by atoms with Crippen molar-refractivity contribution in [2.45, 2.75) is 19.4 Å². The first-order chi connectivity index (χ1) is 8.25. The van der Waals surface area contributed by atoms with Gasteiger partial charge in [0, 0.05) is 25.9 Å². The normalized spacial score (nSPS) is 20.8. The predicted octanol–water partition coefficient (Wildman–Crippen LogP) is 1.12. The molecule has 1 atom stereocenters. The number of carbonyl (C=O) groups excluding carboxylic acids is 1. The Morgan fingerprint density at radius 1 is 1.65 bits per heavy atom. The van der Waals surface area contributed by atoms with E-state index >= 15 is 0 Å². The Morgan fingerprint density at radius 2 is 2.53 bits per heavy atom. The second-order valence-electron chi connectivity index (χ2n) is 4.01. The summed E-state index contributed by atoms with van der Waals surface area (Å²) in [5, 5.41) is 2.74. The molecule has 0 bridgehead atoms. The Bertz CT molecular complexity index is 371. The van der Waals surface area contributed by atoms with Crippen molar-refractivity contribution in [1.29, 1.82) is 0 Å². The van der Waals surface area contributed by atoms with Gasteiger partial charge >= 0.3 is 6.03 Å². The van der Waals surface area contributed by atoms with Crippen LogP contribution in [0.5, 0.6) is 0 Å². The Hall–Kier alpha value is -1.69. The first-order valence-electron chi connectivity index (χ1n) is 5.69. The number of rotatable bonds is 1. The molecule has 2 rings (SSSR count). The van der Waals surface area contributed by atoms with Gasteiger partial charge in [0.15, 0.2) is 0 Å². The van der Waals surface area contributed by atoms with E-state index in [1.807, 2.05) is 6.92 Å². The fraction of sp³-hybridized carbons (Fsp3) is 0.545. The van der Waals surface area contributed by atoms with Crippen LogP contribution in [0.25, 0.3) is 0 Å². The van der Waals surface area contributed by atoms with Crippen molar-refractivity contribution in [1.82, 2.24) is 14.9 Å². The lowest BCUT2D eigenvalue weighted by atomic mass is 10.3. The van der Waals surface area contributed by atoms with Gasteiger partial charge < -0.3 is 9.64 Å². The first kappa shape index (κ1) is 11.8. The molecule has 0 aromatic carbocycles. The molecule has 2 amide bonds. The number of nitrogens with zero attached hydrogens (tertiary/aromatic N) is 3. The Morgan fingerprint density at radius 3 is 3.29 bits per heavy atom. The summed E-state index contributed by atoms with van der Waals surface area (Å²) in [6.07, 6.45) is 3.94. The predicted molar refractivity (Wildman–Crippen MR) is 62.7 cm³/mol. The maximum atomic E-state index is 12.0. The molecule has 0 spiro atoms. The average molecular weight is 236 g/mol. The third-order valence-corrected chi connectivity index (χ3v) is 2.56. The summed E-state index contributed by atoms with van der Waals surface area (Å²) >= 11 is 0. The molecule has 1 aliphatic heterocycles. The number of hydrogen-bond acceptors (Lipinski definition) is 4. The molecule has 0 aliphatic carbocycles. The maximum absolute atomic E-state index is 12.0. The van der Waals surface area contributed by atoms with Gasteiger partial charge in [-0.15, -0.1) is 0 Å². The molecule has 1 aromatic rings. The fourth-order valence-electron chi connectivity index (χ4n) is 1.73. The van der Waals surface area contributed by atoms with Gasteiger partial charge in [-0.05, 0) is 19.4 Å². The van der Waals surface area contributed by atoms with Gasteiger partial charge in [0.05, 0.1) is 6.10 Å². The highest BCUT2D eigenvalue weighted by Crippen LogP contribution is 2.08. The van der Waals surface area contributed by atoms with Crippen LogP contribution in [-0.2, 0) is 4.74 Å². The van der Waals surface area contributed by atoms with Gasteiger partial charge in [-0.3, -0.25) is 5.32 Å². The van der Waals surface area contributed by atoms with Crippen LogP contribution in [0, 0.1) is 0 Å². The number of anilines is 1. The molecular weight excluding hydrogens is 220 g/mol. The lowest BCUT2D eigenvalue weighted by Gasteiger charge is -2.22. The highest BCUT2D eigenvalue weighted by molar-refractivity contribution is 5.88.